The SMILES string of the molecule is CCOC(=O)C1=C(C)N=c2s/c(=C\c3ccc(OCC#N)c(OCC)c3)c(=O)n2[C@@H]1c1ccccc1. The van der Waals surface area contributed by atoms with Gasteiger partial charge < -0.3 is 14.2 Å². The molecule has 0 bridgehead atoms. The number of allylic oxidation sites excluding steroid dienone is 1. The zero-order chi connectivity index (χ0) is 25.7. The second-order valence-corrected chi connectivity index (χ2v) is 8.81. The van der Waals surface area contributed by atoms with Crippen molar-refractivity contribution in [1.29, 1.82) is 5.26 Å². The van der Waals surface area contributed by atoms with Gasteiger partial charge in [-0.15, -0.1) is 0 Å². The fourth-order valence-corrected chi connectivity index (χ4v) is 5.05. The number of hydrogen-bond donors (Lipinski definition) is 0. The number of fused-ring (bicyclic) bond motifs is 1. The Hall–Kier alpha value is -4.16. The molecule has 0 aliphatic carbocycles. The molecule has 3 aromatic rings. The minimum absolute atomic E-state index is 0.0976. The van der Waals surface area contributed by atoms with Crippen molar-refractivity contribution in [3.05, 3.63) is 90.6 Å². The lowest BCUT2D eigenvalue weighted by Crippen LogP contribution is -2.39. The van der Waals surface area contributed by atoms with Crippen LogP contribution >= 0.6 is 11.3 Å². The Morgan fingerprint density at radius 1 is 1.14 bits per heavy atom. The Bertz CT molecular complexity index is 1530. The van der Waals surface area contributed by atoms with Crippen molar-refractivity contribution >= 4 is 23.4 Å². The Balaban J connectivity index is 1.86. The van der Waals surface area contributed by atoms with Gasteiger partial charge in [-0.25, -0.2) is 9.79 Å². The van der Waals surface area contributed by atoms with Crippen LogP contribution in [-0.4, -0.2) is 30.4 Å². The Morgan fingerprint density at radius 3 is 2.61 bits per heavy atom. The van der Waals surface area contributed by atoms with Crippen molar-refractivity contribution in [1.82, 2.24) is 4.57 Å². The zero-order valence-electron chi connectivity index (χ0n) is 20.2. The molecule has 1 aliphatic heterocycles. The summed E-state index contributed by atoms with van der Waals surface area (Å²) in [5.41, 5.74) is 2.13. The van der Waals surface area contributed by atoms with Gasteiger partial charge in [0.1, 0.15) is 6.07 Å². The predicted molar refractivity (Wildman–Crippen MR) is 136 cm³/mol. The lowest BCUT2D eigenvalue weighted by molar-refractivity contribution is -0.139. The van der Waals surface area contributed by atoms with Gasteiger partial charge in [0.25, 0.3) is 5.56 Å². The van der Waals surface area contributed by atoms with Crippen LogP contribution in [-0.2, 0) is 9.53 Å². The maximum Gasteiger partial charge on any atom is 0.338 e. The normalized spacial score (nSPS) is 15.1. The van der Waals surface area contributed by atoms with E-state index in [2.05, 4.69) is 4.99 Å². The molecule has 1 aromatic heterocycles. The van der Waals surface area contributed by atoms with Crippen LogP contribution < -0.4 is 24.4 Å². The minimum Gasteiger partial charge on any atom is -0.490 e. The minimum atomic E-state index is -0.649. The van der Waals surface area contributed by atoms with Crippen molar-refractivity contribution in [2.24, 2.45) is 4.99 Å². The number of nitriles is 1. The van der Waals surface area contributed by atoms with Crippen LogP contribution in [0.2, 0.25) is 0 Å². The molecule has 184 valence electrons. The number of nitrogens with zero attached hydrogens (tertiary/aromatic N) is 3. The maximum absolute atomic E-state index is 13.7. The molecule has 0 saturated carbocycles. The van der Waals surface area contributed by atoms with Gasteiger partial charge in [-0.2, -0.15) is 5.26 Å². The molecular weight excluding hydrogens is 478 g/mol. The highest BCUT2D eigenvalue weighted by Crippen LogP contribution is 2.31. The van der Waals surface area contributed by atoms with Gasteiger partial charge in [-0.1, -0.05) is 47.7 Å². The summed E-state index contributed by atoms with van der Waals surface area (Å²) in [6, 6.07) is 15.9. The molecule has 8 nitrogen and oxygen atoms in total. The number of ether oxygens (including phenoxy) is 3. The summed E-state index contributed by atoms with van der Waals surface area (Å²) in [7, 11) is 0. The summed E-state index contributed by atoms with van der Waals surface area (Å²) in [4.78, 5) is 31.7. The highest BCUT2D eigenvalue weighted by atomic mass is 32.1. The molecule has 0 amide bonds. The summed E-state index contributed by atoms with van der Waals surface area (Å²) in [6.07, 6.45) is 1.76. The number of carbonyl (C=O) groups excluding carboxylic acids is 1. The van der Waals surface area contributed by atoms with Crippen LogP contribution in [0.1, 0.15) is 37.9 Å². The lowest BCUT2D eigenvalue weighted by Gasteiger charge is -2.24. The third kappa shape index (κ3) is 4.95. The fraction of sp³-hybridized carbons (Fsp3) is 0.259. The van der Waals surface area contributed by atoms with Crippen LogP contribution in [0.5, 0.6) is 11.5 Å². The first-order valence-corrected chi connectivity index (χ1v) is 12.3. The van der Waals surface area contributed by atoms with Gasteiger partial charge in [0.05, 0.1) is 35.1 Å². The smallest absolute Gasteiger partial charge is 0.338 e. The van der Waals surface area contributed by atoms with E-state index in [1.807, 2.05) is 43.3 Å². The van der Waals surface area contributed by atoms with E-state index in [1.54, 1.807) is 42.7 Å². The highest BCUT2D eigenvalue weighted by Gasteiger charge is 2.33. The lowest BCUT2D eigenvalue weighted by atomic mass is 9.96. The molecule has 0 saturated heterocycles. The molecule has 9 heteroatoms. The average Bonchev–Trinajstić information content (AvgIpc) is 3.17. The first kappa shape index (κ1) is 24.9. The van der Waals surface area contributed by atoms with Crippen LogP contribution in [0.3, 0.4) is 0 Å². The Labute approximate surface area is 212 Å². The summed E-state index contributed by atoms with van der Waals surface area (Å²) in [5.74, 6) is 0.448. The molecule has 0 unspecified atom stereocenters. The zero-order valence-corrected chi connectivity index (χ0v) is 21.0. The van der Waals surface area contributed by atoms with E-state index >= 15 is 0 Å². The Kier molecular flexibility index (Phi) is 7.66. The summed E-state index contributed by atoms with van der Waals surface area (Å²) < 4.78 is 18.4. The third-order valence-corrected chi connectivity index (χ3v) is 6.47. The van der Waals surface area contributed by atoms with Crippen molar-refractivity contribution in [3.63, 3.8) is 0 Å². The van der Waals surface area contributed by atoms with Crippen LogP contribution in [0.25, 0.3) is 6.08 Å². The summed E-state index contributed by atoms with van der Waals surface area (Å²) in [5, 5.41) is 8.81. The summed E-state index contributed by atoms with van der Waals surface area (Å²) >= 11 is 1.25. The number of esters is 1. The molecule has 0 radical (unpaired) electrons. The third-order valence-electron chi connectivity index (χ3n) is 5.49. The average molecular weight is 504 g/mol. The second-order valence-electron chi connectivity index (χ2n) is 7.80. The quantitative estimate of drug-likeness (QED) is 0.438. The van der Waals surface area contributed by atoms with E-state index in [1.165, 1.54) is 11.3 Å². The van der Waals surface area contributed by atoms with Crippen molar-refractivity contribution in [2.45, 2.75) is 26.8 Å². The number of thiazole rings is 1. The van der Waals surface area contributed by atoms with E-state index in [0.717, 1.165) is 11.1 Å². The monoisotopic (exact) mass is 503 g/mol. The number of hydrogen-bond acceptors (Lipinski definition) is 8. The number of carbonyl (C=O) groups is 1. The van der Waals surface area contributed by atoms with Crippen LogP contribution in [0.4, 0.5) is 0 Å². The molecule has 1 aliphatic rings. The largest absolute Gasteiger partial charge is 0.490 e. The first-order valence-electron chi connectivity index (χ1n) is 11.5. The van der Waals surface area contributed by atoms with Gasteiger partial charge in [0.15, 0.2) is 22.9 Å². The molecule has 1 atom stereocenters. The van der Waals surface area contributed by atoms with Crippen molar-refractivity contribution in [3.8, 4) is 17.6 Å². The predicted octanol–water partition coefficient (Wildman–Crippen LogP) is 3.10. The topological polar surface area (TPSA) is 103 Å². The van der Waals surface area contributed by atoms with Crippen molar-refractivity contribution < 1.29 is 19.0 Å². The molecule has 0 fully saturated rings. The van der Waals surface area contributed by atoms with E-state index in [0.29, 0.717) is 38.7 Å². The molecule has 2 heterocycles. The highest BCUT2D eigenvalue weighted by molar-refractivity contribution is 7.07. The standard InChI is InChI=1S/C27H25N3O5S/c1-4-33-21-15-18(11-12-20(21)35-14-13-28)16-22-25(31)30-24(19-9-7-6-8-10-19)23(26(32)34-5-2)17(3)29-27(30)36-22/h6-12,15-16,24H,4-5,14H2,1-3H3/b22-16-/t24-/m1/s1. The molecule has 0 N–H and O–H groups in total. The summed E-state index contributed by atoms with van der Waals surface area (Å²) in [6.45, 7) is 5.89. The van der Waals surface area contributed by atoms with E-state index in [4.69, 9.17) is 19.5 Å². The van der Waals surface area contributed by atoms with E-state index < -0.39 is 12.0 Å². The van der Waals surface area contributed by atoms with Gasteiger partial charge in [-0.3, -0.25) is 9.36 Å². The molecule has 0 spiro atoms. The van der Waals surface area contributed by atoms with Gasteiger partial charge in [-0.05, 0) is 50.1 Å². The van der Waals surface area contributed by atoms with Crippen LogP contribution in [0.15, 0.2) is 69.6 Å². The molecule has 4 rings (SSSR count). The number of benzene rings is 2. The number of aromatic nitrogens is 1. The Morgan fingerprint density at radius 2 is 1.92 bits per heavy atom. The molecule has 36 heavy (non-hydrogen) atoms. The van der Waals surface area contributed by atoms with Crippen molar-refractivity contribution in [2.75, 3.05) is 19.8 Å². The van der Waals surface area contributed by atoms with Gasteiger partial charge in [0.2, 0.25) is 0 Å². The fourth-order valence-electron chi connectivity index (χ4n) is 4.01. The second kappa shape index (κ2) is 11.1. The molecule has 2 aromatic carbocycles. The molecular formula is C27H25N3O5S. The first-order chi connectivity index (χ1) is 17.5. The van der Waals surface area contributed by atoms with Crippen LogP contribution in [0, 0.1) is 11.3 Å². The van der Waals surface area contributed by atoms with Gasteiger partial charge in [0, 0.05) is 0 Å². The van der Waals surface area contributed by atoms with Gasteiger partial charge >= 0.3 is 5.97 Å². The van der Waals surface area contributed by atoms with E-state index in [-0.39, 0.29) is 18.8 Å². The maximum atomic E-state index is 13.7. The number of rotatable bonds is 8. The van der Waals surface area contributed by atoms with E-state index in [9.17, 15) is 9.59 Å².